The van der Waals surface area contributed by atoms with Crippen molar-refractivity contribution in [1.82, 2.24) is 19.3 Å². The van der Waals surface area contributed by atoms with Crippen LogP contribution >= 0.6 is 0 Å². The van der Waals surface area contributed by atoms with E-state index in [-0.39, 0.29) is 24.3 Å². The van der Waals surface area contributed by atoms with E-state index in [4.69, 9.17) is 9.47 Å². The summed E-state index contributed by atoms with van der Waals surface area (Å²) in [5, 5.41) is 9.90. The third-order valence-electron chi connectivity index (χ3n) is 7.44. The van der Waals surface area contributed by atoms with Crippen LogP contribution in [0.4, 0.5) is 0 Å². The molecule has 7 rings (SSSR count). The predicted octanol–water partition coefficient (Wildman–Crippen LogP) is 6.03. The highest BCUT2D eigenvalue weighted by Gasteiger charge is 2.13. The maximum Gasteiger partial charge on any atom is 0.282 e. The molecule has 2 aromatic heterocycles. The molecule has 48 heavy (non-hydrogen) atoms. The van der Waals surface area contributed by atoms with Gasteiger partial charge in [0.15, 0.2) is 11.6 Å². The molecule has 5 aromatic carbocycles. The van der Waals surface area contributed by atoms with Crippen molar-refractivity contribution in [3.8, 4) is 11.5 Å². The summed E-state index contributed by atoms with van der Waals surface area (Å²) in [6, 6.07) is 40.3. The van der Waals surface area contributed by atoms with E-state index in [2.05, 4.69) is 20.2 Å². The lowest BCUT2D eigenvalue weighted by atomic mass is 10.2. The molecule has 0 aliphatic carbocycles. The molecular formula is C38H28N6O4. The van der Waals surface area contributed by atoms with Crippen LogP contribution in [-0.2, 0) is 13.2 Å². The first-order valence-corrected chi connectivity index (χ1v) is 15.2. The van der Waals surface area contributed by atoms with Gasteiger partial charge in [0.1, 0.15) is 24.7 Å². The molecule has 0 N–H and O–H groups in total. The van der Waals surface area contributed by atoms with Crippen molar-refractivity contribution in [3.05, 3.63) is 177 Å². The van der Waals surface area contributed by atoms with Crippen LogP contribution in [0.2, 0.25) is 0 Å². The number of para-hydroxylation sites is 4. The van der Waals surface area contributed by atoms with E-state index in [1.807, 2.05) is 97.1 Å². The molecule has 0 amide bonds. The highest BCUT2D eigenvalue weighted by atomic mass is 16.5. The normalized spacial score (nSPS) is 11.5. The molecule has 10 heteroatoms. The number of hydrogen-bond donors (Lipinski definition) is 0. The Morgan fingerprint density at radius 1 is 0.500 bits per heavy atom. The summed E-state index contributed by atoms with van der Waals surface area (Å²) in [5.41, 5.74) is 2.02. The Balaban J connectivity index is 1.14. The summed E-state index contributed by atoms with van der Waals surface area (Å²) < 4.78 is 14.3. The van der Waals surface area contributed by atoms with Gasteiger partial charge in [0.2, 0.25) is 0 Å². The summed E-state index contributed by atoms with van der Waals surface area (Å²) in [6.45, 7) is 0.108. The van der Waals surface area contributed by atoms with Crippen molar-refractivity contribution in [2.75, 3.05) is 0 Å². The maximum absolute atomic E-state index is 13.4. The van der Waals surface area contributed by atoms with Gasteiger partial charge in [-0.2, -0.15) is 19.6 Å². The number of rotatable bonds is 10. The van der Waals surface area contributed by atoms with E-state index in [0.29, 0.717) is 45.0 Å². The molecule has 0 fully saturated rings. The van der Waals surface area contributed by atoms with E-state index in [1.165, 1.54) is 9.35 Å². The number of ether oxygens (including phenoxy) is 2. The molecule has 0 saturated heterocycles. The largest absolute Gasteiger partial charge is 0.486 e. The zero-order valence-electron chi connectivity index (χ0n) is 25.6. The highest BCUT2D eigenvalue weighted by molar-refractivity contribution is 5.84. The van der Waals surface area contributed by atoms with Crippen molar-refractivity contribution in [1.29, 1.82) is 0 Å². The lowest BCUT2D eigenvalue weighted by Gasteiger charge is -2.11. The first-order valence-electron chi connectivity index (χ1n) is 15.2. The fourth-order valence-corrected chi connectivity index (χ4v) is 5.01. The van der Waals surface area contributed by atoms with Crippen LogP contribution in [0.3, 0.4) is 0 Å². The predicted molar refractivity (Wildman–Crippen MR) is 186 cm³/mol. The molecule has 0 bridgehead atoms. The van der Waals surface area contributed by atoms with Crippen molar-refractivity contribution in [2.45, 2.75) is 13.2 Å². The summed E-state index contributed by atoms with van der Waals surface area (Å²) in [6.07, 6.45) is 3.17. The van der Waals surface area contributed by atoms with E-state index in [0.717, 1.165) is 11.1 Å². The lowest BCUT2D eigenvalue weighted by molar-refractivity contribution is 0.289. The SMILES string of the molecule is O=c1c2ccccc2nc(COc2ccccc2)n1N=Cc1ccc(C=Nn2c(COc3ccccc3)nc3ccccc3c2=O)cc1. The minimum Gasteiger partial charge on any atom is -0.486 e. The first-order chi connectivity index (χ1) is 23.6. The van der Waals surface area contributed by atoms with Gasteiger partial charge in [-0.15, -0.1) is 0 Å². The fraction of sp³-hybridized carbons (Fsp3) is 0.0526. The van der Waals surface area contributed by atoms with Crippen molar-refractivity contribution in [3.63, 3.8) is 0 Å². The summed E-state index contributed by atoms with van der Waals surface area (Å²) >= 11 is 0. The van der Waals surface area contributed by atoms with E-state index in [9.17, 15) is 9.59 Å². The molecular weight excluding hydrogens is 604 g/mol. The monoisotopic (exact) mass is 632 g/mol. The van der Waals surface area contributed by atoms with Gasteiger partial charge in [-0.1, -0.05) is 84.9 Å². The molecule has 0 saturated carbocycles. The molecule has 0 spiro atoms. The van der Waals surface area contributed by atoms with Crippen LogP contribution in [0.1, 0.15) is 22.8 Å². The van der Waals surface area contributed by atoms with Gasteiger partial charge in [-0.25, -0.2) is 9.97 Å². The Bertz CT molecular complexity index is 2220. The van der Waals surface area contributed by atoms with Crippen molar-refractivity contribution < 1.29 is 9.47 Å². The van der Waals surface area contributed by atoms with Crippen LogP contribution in [0.25, 0.3) is 21.8 Å². The molecule has 0 radical (unpaired) electrons. The maximum atomic E-state index is 13.4. The molecule has 2 heterocycles. The Morgan fingerprint density at radius 2 is 0.875 bits per heavy atom. The van der Waals surface area contributed by atoms with E-state index in [1.54, 1.807) is 48.8 Å². The lowest BCUT2D eigenvalue weighted by Crippen LogP contribution is -2.23. The molecule has 234 valence electrons. The number of nitrogens with zero attached hydrogens (tertiary/aromatic N) is 6. The van der Waals surface area contributed by atoms with Crippen LogP contribution in [0.15, 0.2) is 153 Å². The van der Waals surface area contributed by atoms with Gasteiger partial charge in [-0.3, -0.25) is 9.59 Å². The zero-order chi connectivity index (χ0) is 32.7. The van der Waals surface area contributed by atoms with Gasteiger partial charge < -0.3 is 9.47 Å². The Labute approximate surface area is 274 Å². The highest BCUT2D eigenvalue weighted by Crippen LogP contribution is 2.15. The minimum absolute atomic E-state index is 0.0538. The van der Waals surface area contributed by atoms with Gasteiger partial charge in [0.05, 0.1) is 34.2 Å². The fourth-order valence-electron chi connectivity index (χ4n) is 5.01. The van der Waals surface area contributed by atoms with Crippen molar-refractivity contribution in [2.24, 2.45) is 10.2 Å². The summed E-state index contributed by atoms with van der Waals surface area (Å²) in [5.74, 6) is 2.05. The standard InChI is InChI=1S/C38H28N6O4/c45-37-31-15-7-9-17-33(31)41-35(25-47-29-11-3-1-4-12-29)43(37)39-23-27-19-21-28(22-20-27)24-40-44-36(26-48-30-13-5-2-6-14-30)42-34-18-10-8-16-32(34)38(44)46/h1-24H,25-26H2. The van der Waals surface area contributed by atoms with Gasteiger partial charge in [0, 0.05) is 0 Å². The van der Waals surface area contributed by atoms with Crippen LogP contribution < -0.4 is 20.6 Å². The van der Waals surface area contributed by atoms with E-state index < -0.39 is 0 Å². The second-order valence-electron chi connectivity index (χ2n) is 10.7. The van der Waals surface area contributed by atoms with Gasteiger partial charge in [0.25, 0.3) is 11.1 Å². The van der Waals surface area contributed by atoms with Crippen LogP contribution in [0, 0.1) is 0 Å². The minimum atomic E-state index is -0.297. The second-order valence-corrected chi connectivity index (χ2v) is 10.7. The Morgan fingerprint density at radius 3 is 1.29 bits per heavy atom. The molecule has 0 unspecified atom stereocenters. The topological polar surface area (TPSA) is 113 Å². The van der Waals surface area contributed by atoms with Crippen LogP contribution in [-0.4, -0.2) is 31.7 Å². The van der Waals surface area contributed by atoms with Gasteiger partial charge >= 0.3 is 0 Å². The smallest absolute Gasteiger partial charge is 0.282 e. The third-order valence-corrected chi connectivity index (χ3v) is 7.44. The number of hydrogen-bond acceptors (Lipinski definition) is 8. The van der Waals surface area contributed by atoms with E-state index >= 15 is 0 Å². The molecule has 0 atom stereocenters. The number of aromatic nitrogens is 4. The molecule has 0 aliphatic heterocycles. The summed E-state index contributed by atoms with van der Waals surface area (Å²) in [4.78, 5) is 36.1. The average molecular weight is 633 g/mol. The third kappa shape index (κ3) is 6.63. The summed E-state index contributed by atoms with van der Waals surface area (Å²) in [7, 11) is 0. The Hall–Kier alpha value is -6.68. The Kier molecular flexibility index (Phi) is 8.60. The van der Waals surface area contributed by atoms with Gasteiger partial charge in [-0.05, 0) is 59.7 Å². The zero-order valence-corrected chi connectivity index (χ0v) is 25.6. The number of fused-ring (bicyclic) bond motifs is 2. The molecule has 0 aliphatic rings. The molecule has 7 aromatic rings. The van der Waals surface area contributed by atoms with Crippen molar-refractivity contribution >= 4 is 34.2 Å². The first kappa shape index (κ1) is 30.0. The molecule has 10 nitrogen and oxygen atoms in total. The second kappa shape index (κ2) is 13.8. The quantitative estimate of drug-likeness (QED) is 0.170. The van der Waals surface area contributed by atoms with Crippen LogP contribution in [0.5, 0.6) is 11.5 Å². The number of benzene rings is 5. The average Bonchev–Trinajstić information content (AvgIpc) is 3.14.